The maximum atomic E-state index is 11.9. The third-order valence-electron chi connectivity index (χ3n) is 4.35. The highest BCUT2D eigenvalue weighted by molar-refractivity contribution is 5.79. The van der Waals surface area contributed by atoms with E-state index in [1.807, 2.05) is 36.4 Å². The van der Waals surface area contributed by atoms with Gasteiger partial charge in [-0.2, -0.15) is 0 Å². The summed E-state index contributed by atoms with van der Waals surface area (Å²) in [7, 11) is 0. The van der Waals surface area contributed by atoms with Gasteiger partial charge in [0.05, 0.1) is 0 Å². The van der Waals surface area contributed by atoms with E-state index in [4.69, 9.17) is 15.6 Å². The number of hydrogen-bond acceptors (Lipinski definition) is 4. The van der Waals surface area contributed by atoms with E-state index in [1.54, 1.807) is 0 Å². The first kappa shape index (κ1) is 16.2. The topological polar surface area (TPSA) is 89.6 Å². The van der Waals surface area contributed by atoms with Crippen LogP contribution in [0.4, 0.5) is 0 Å². The Labute approximate surface area is 140 Å². The summed E-state index contributed by atoms with van der Waals surface area (Å²) >= 11 is 0. The zero-order chi connectivity index (χ0) is 17.1. The minimum atomic E-state index is -1.11. The van der Waals surface area contributed by atoms with Gasteiger partial charge in [-0.05, 0) is 28.7 Å². The molecule has 0 amide bonds. The van der Waals surface area contributed by atoms with Gasteiger partial charge in [-0.25, -0.2) is 0 Å². The van der Waals surface area contributed by atoms with Gasteiger partial charge in [0.15, 0.2) is 0 Å². The molecule has 1 atom stereocenters. The van der Waals surface area contributed by atoms with Gasteiger partial charge in [0.25, 0.3) is 0 Å². The van der Waals surface area contributed by atoms with Crippen LogP contribution in [0.25, 0.3) is 11.1 Å². The van der Waals surface area contributed by atoms with Gasteiger partial charge >= 0.3 is 11.9 Å². The van der Waals surface area contributed by atoms with Gasteiger partial charge in [0.2, 0.25) is 0 Å². The van der Waals surface area contributed by atoms with Crippen molar-refractivity contribution in [2.75, 3.05) is 6.61 Å². The number of rotatable bonds is 6. The summed E-state index contributed by atoms with van der Waals surface area (Å²) in [5.41, 5.74) is 10.0. The fourth-order valence-corrected chi connectivity index (χ4v) is 3.08. The molecule has 0 aromatic heterocycles. The van der Waals surface area contributed by atoms with Crippen molar-refractivity contribution in [3.8, 4) is 11.1 Å². The number of fused-ring (bicyclic) bond motifs is 3. The van der Waals surface area contributed by atoms with Crippen LogP contribution in [0.3, 0.4) is 0 Å². The smallest absolute Gasteiger partial charge is 0.320 e. The average molecular weight is 325 g/mol. The van der Waals surface area contributed by atoms with Crippen LogP contribution < -0.4 is 5.73 Å². The van der Waals surface area contributed by atoms with E-state index in [9.17, 15) is 9.59 Å². The maximum absolute atomic E-state index is 11.9. The van der Waals surface area contributed by atoms with E-state index < -0.39 is 18.0 Å². The Morgan fingerprint density at radius 2 is 1.58 bits per heavy atom. The lowest BCUT2D eigenvalue weighted by atomic mass is 9.98. The van der Waals surface area contributed by atoms with Gasteiger partial charge in [-0.15, -0.1) is 0 Å². The molecule has 0 radical (unpaired) electrons. The molecule has 124 valence electrons. The normalized spacial score (nSPS) is 13.9. The molecule has 0 heterocycles. The van der Waals surface area contributed by atoms with Gasteiger partial charge in [0.1, 0.15) is 12.6 Å². The summed E-state index contributed by atoms with van der Waals surface area (Å²) < 4.78 is 5.38. The summed E-state index contributed by atoms with van der Waals surface area (Å²) in [4.78, 5) is 22.6. The number of carboxylic acid groups (broad SMARTS) is 1. The monoisotopic (exact) mass is 325 g/mol. The van der Waals surface area contributed by atoms with Gasteiger partial charge in [-0.3, -0.25) is 9.59 Å². The van der Waals surface area contributed by atoms with E-state index in [0.717, 1.165) is 11.1 Å². The molecule has 0 saturated heterocycles. The molecule has 1 aliphatic carbocycles. The van der Waals surface area contributed by atoms with Crippen LogP contribution in [0.5, 0.6) is 0 Å². The molecule has 1 aliphatic rings. The Bertz CT molecular complexity index is 726. The predicted octanol–water partition coefficient (Wildman–Crippen LogP) is 2.53. The zero-order valence-corrected chi connectivity index (χ0v) is 13.1. The first-order valence-corrected chi connectivity index (χ1v) is 7.90. The van der Waals surface area contributed by atoms with Gasteiger partial charge in [-0.1, -0.05) is 48.5 Å². The molecule has 3 rings (SSSR count). The summed E-state index contributed by atoms with van der Waals surface area (Å²) in [6.45, 7) is 0.245. The fraction of sp³-hybridized carbons (Fsp3) is 0.263. The number of carboxylic acids is 1. The highest BCUT2D eigenvalue weighted by atomic mass is 16.5. The summed E-state index contributed by atoms with van der Waals surface area (Å²) in [6.07, 6.45) is 0.0789. The lowest BCUT2D eigenvalue weighted by molar-refractivity contribution is -0.144. The molecule has 0 bridgehead atoms. The van der Waals surface area contributed by atoms with Crippen molar-refractivity contribution in [3.05, 3.63) is 59.7 Å². The van der Waals surface area contributed by atoms with Gasteiger partial charge < -0.3 is 15.6 Å². The van der Waals surface area contributed by atoms with Crippen LogP contribution in [-0.2, 0) is 14.3 Å². The van der Waals surface area contributed by atoms with E-state index >= 15 is 0 Å². The molecule has 5 nitrogen and oxygen atoms in total. The largest absolute Gasteiger partial charge is 0.480 e. The van der Waals surface area contributed by atoms with Crippen LogP contribution in [0, 0.1) is 0 Å². The highest BCUT2D eigenvalue weighted by Crippen LogP contribution is 2.44. The second-order valence-corrected chi connectivity index (χ2v) is 5.89. The summed E-state index contributed by atoms with van der Waals surface area (Å²) in [5, 5.41) is 8.74. The van der Waals surface area contributed by atoms with Crippen LogP contribution in [0.2, 0.25) is 0 Å². The standard InChI is InChI=1S/C19H19NO4/c20-17(19(22)23)9-10-18(21)24-11-16-14-7-3-1-5-12(14)13-6-2-4-8-15(13)16/h1-8,16-17H,9-11,20H2,(H,22,23). The molecule has 0 fully saturated rings. The van der Waals surface area contributed by atoms with E-state index in [2.05, 4.69) is 12.1 Å². The Hall–Kier alpha value is -2.66. The van der Waals surface area contributed by atoms with Crippen molar-refractivity contribution in [1.82, 2.24) is 0 Å². The van der Waals surface area contributed by atoms with E-state index in [0.29, 0.717) is 0 Å². The van der Waals surface area contributed by atoms with Crippen LogP contribution in [-0.4, -0.2) is 29.7 Å². The minimum Gasteiger partial charge on any atom is -0.480 e. The lowest BCUT2D eigenvalue weighted by Crippen LogP contribution is -2.30. The van der Waals surface area contributed by atoms with Crippen molar-refractivity contribution in [2.24, 2.45) is 5.73 Å². The van der Waals surface area contributed by atoms with Crippen molar-refractivity contribution in [3.63, 3.8) is 0 Å². The van der Waals surface area contributed by atoms with Crippen LogP contribution >= 0.6 is 0 Å². The molecule has 0 aliphatic heterocycles. The van der Waals surface area contributed by atoms with Gasteiger partial charge in [0, 0.05) is 12.3 Å². The summed E-state index contributed by atoms with van der Waals surface area (Å²) in [5.74, 6) is -1.52. The zero-order valence-electron chi connectivity index (χ0n) is 13.1. The molecule has 3 N–H and O–H groups in total. The number of carbonyl (C=O) groups excluding carboxylic acids is 1. The Morgan fingerprint density at radius 1 is 1.04 bits per heavy atom. The Morgan fingerprint density at radius 3 is 2.12 bits per heavy atom. The third-order valence-corrected chi connectivity index (χ3v) is 4.35. The number of benzene rings is 2. The molecule has 2 aromatic carbocycles. The second kappa shape index (κ2) is 6.84. The molecule has 5 heteroatoms. The quantitative estimate of drug-likeness (QED) is 0.797. The Balaban J connectivity index is 1.67. The molecule has 1 unspecified atom stereocenters. The van der Waals surface area contributed by atoms with E-state index in [1.165, 1.54) is 11.1 Å². The number of nitrogens with two attached hydrogens (primary N) is 1. The first-order chi connectivity index (χ1) is 11.6. The molecule has 0 spiro atoms. The average Bonchev–Trinajstić information content (AvgIpc) is 2.92. The second-order valence-electron chi connectivity index (χ2n) is 5.89. The number of ether oxygens (including phenoxy) is 1. The van der Waals surface area contributed by atoms with Crippen molar-refractivity contribution in [2.45, 2.75) is 24.8 Å². The van der Waals surface area contributed by atoms with Crippen molar-refractivity contribution in [1.29, 1.82) is 0 Å². The number of esters is 1. The van der Waals surface area contributed by atoms with Crippen LogP contribution in [0.1, 0.15) is 29.9 Å². The van der Waals surface area contributed by atoms with Crippen molar-refractivity contribution < 1.29 is 19.4 Å². The van der Waals surface area contributed by atoms with Crippen LogP contribution in [0.15, 0.2) is 48.5 Å². The molecule has 0 saturated carbocycles. The molecule has 24 heavy (non-hydrogen) atoms. The highest BCUT2D eigenvalue weighted by Gasteiger charge is 2.29. The minimum absolute atomic E-state index is 0.00345. The maximum Gasteiger partial charge on any atom is 0.320 e. The van der Waals surface area contributed by atoms with E-state index in [-0.39, 0.29) is 25.4 Å². The SMILES string of the molecule is NC(CCC(=O)OCC1c2ccccc2-c2ccccc21)C(=O)O. The fourth-order valence-electron chi connectivity index (χ4n) is 3.08. The first-order valence-electron chi connectivity index (χ1n) is 7.90. The predicted molar refractivity (Wildman–Crippen MR) is 89.5 cm³/mol. The number of aliphatic carboxylic acids is 1. The summed E-state index contributed by atoms with van der Waals surface area (Å²) in [6, 6.07) is 15.2. The number of carbonyl (C=O) groups is 2. The third kappa shape index (κ3) is 3.16. The molecule has 2 aromatic rings. The molecular formula is C19H19NO4. The molecular weight excluding hydrogens is 306 g/mol. The lowest BCUT2D eigenvalue weighted by Gasteiger charge is -2.14. The number of hydrogen-bond donors (Lipinski definition) is 2. The van der Waals surface area contributed by atoms with Crippen molar-refractivity contribution >= 4 is 11.9 Å². The Kier molecular flexibility index (Phi) is 4.62.